The highest BCUT2D eigenvalue weighted by Gasteiger charge is 2.38. The van der Waals surface area contributed by atoms with Crippen LogP contribution in [0.2, 0.25) is 0 Å². The summed E-state index contributed by atoms with van der Waals surface area (Å²) in [6, 6.07) is 6.51. The van der Waals surface area contributed by atoms with Crippen LogP contribution < -0.4 is 0 Å². The lowest BCUT2D eigenvalue weighted by atomic mass is 9.89. The topological polar surface area (TPSA) is 49.8 Å². The molecule has 0 aromatic heterocycles. The van der Waals surface area contributed by atoms with Crippen molar-refractivity contribution in [1.29, 1.82) is 0 Å². The Morgan fingerprint density at radius 2 is 2.05 bits per heavy atom. The SMILES string of the molecule is CC(C)(C)OC(=O)N1CC(c2ccccc2F)[C@@H](CO)C1. The maximum Gasteiger partial charge on any atom is 0.410 e. The molecule has 1 aliphatic rings. The Hall–Kier alpha value is -1.62. The molecule has 1 aromatic carbocycles. The summed E-state index contributed by atoms with van der Waals surface area (Å²) in [6.45, 7) is 6.07. The number of aliphatic hydroxyl groups excluding tert-OH is 1. The van der Waals surface area contributed by atoms with Crippen molar-refractivity contribution in [1.82, 2.24) is 4.90 Å². The standard InChI is InChI=1S/C16H22FNO3/c1-16(2,3)21-15(20)18-8-11(10-19)13(9-18)12-6-4-5-7-14(12)17/h4-7,11,13,19H,8-10H2,1-3H3/t11-,13?/m1/s1. The maximum absolute atomic E-state index is 13.9. The summed E-state index contributed by atoms with van der Waals surface area (Å²) in [5.41, 5.74) is -0.0235. The minimum Gasteiger partial charge on any atom is -0.444 e. The van der Waals surface area contributed by atoms with Gasteiger partial charge in [-0.15, -0.1) is 0 Å². The molecular weight excluding hydrogens is 273 g/mol. The van der Waals surface area contributed by atoms with Crippen LogP contribution in [0.1, 0.15) is 32.3 Å². The molecule has 1 aliphatic heterocycles. The van der Waals surface area contributed by atoms with Gasteiger partial charge in [0.15, 0.2) is 0 Å². The van der Waals surface area contributed by atoms with E-state index >= 15 is 0 Å². The summed E-state index contributed by atoms with van der Waals surface area (Å²) >= 11 is 0. The lowest BCUT2D eigenvalue weighted by molar-refractivity contribution is 0.0283. The number of hydrogen-bond donors (Lipinski definition) is 1. The highest BCUT2D eigenvalue weighted by atomic mass is 19.1. The summed E-state index contributed by atoms with van der Waals surface area (Å²) in [6.07, 6.45) is -0.417. The van der Waals surface area contributed by atoms with Crippen LogP contribution in [0.25, 0.3) is 0 Å². The van der Waals surface area contributed by atoms with Crippen LogP contribution in [0.3, 0.4) is 0 Å². The number of amides is 1. The second kappa shape index (κ2) is 6.02. The predicted molar refractivity (Wildman–Crippen MR) is 77.5 cm³/mol. The number of ether oxygens (including phenoxy) is 1. The van der Waals surface area contributed by atoms with Crippen LogP contribution in [0.15, 0.2) is 24.3 Å². The van der Waals surface area contributed by atoms with E-state index in [1.165, 1.54) is 6.07 Å². The van der Waals surface area contributed by atoms with Gasteiger partial charge in [0.1, 0.15) is 11.4 Å². The van der Waals surface area contributed by atoms with E-state index in [1.807, 2.05) is 0 Å². The zero-order valence-electron chi connectivity index (χ0n) is 12.7. The largest absolute Gasteiger partial charge is 0.444 e. The maximum atomic E-state index is 13.9. The molecule has 5 heteroatoms. The van der Waals surface area contributed by atoms with Gasteiger partial charge in [-0.25, -0.2) is 9.18 Å². The second-order valence-corrected chi connectivity index (χ2v) is 6.46. The fourth-order valence-corrected chi connectivity index (χ4v) is 2.66. The van der Waals surface area contributed by atoms with Gasteiger partial charge in [0.05, 0.1) is 0 Å². The molecule has 1 N–H and O–H groups in total. The van der Waals surface area contributed by atoms with Crippen molar-refractivity contribution in [3.63, 3.8) is 0 Å². The summed E-state index contributed by atoms with van der Waals surface area (Å²) in [5, 5.41) is 9.52. The van der Waals surface area contributed by atoms with Gasteiger partial charge >= 0.3 is 6.09 Å². The van der Waals surface area contributed by atoms with Gasteiger partial charge in [-0.3, -0.25) is 0 Å². The number of nitrogens with zero attached hydrogens (tertiary/aromatic N) is 1. The van der Waals surface area contributed by atoms with E-state index in [0.29, 0.717) is 18.7 Å². The van der Waals surface area contributed by atoms with Crippen LogP contribution in [0, 0.1) is 11.7 Å². The molecule has 0 aliphatic carbocycles. The Morgan fingerprint density at radius 3 is 2.62 bits per heavy atom. The molecule has 2 rings (SSSR count). The van der Waals surface area contributed by atoms with Crippen LogP contribution in [-0.2, 0) is 4.74 Å². The third-order valence-corrected chi connectivity index (χ3v) is 3.63. The highest BCUT2D eigenvalue weighted by Crippen LogP contribution is 2.34. The quantitative estimate of drug-likeness (QED) is 0.912. The summed E-state index contributed by atoms with van der Waals surface area (Å²) in [7, 11) is 0. The summed E-state index contributed by atoms with van der Waals surface area (Å²) in [5.74, 6) is -0.676. The van der Waals surface area contributed by atoms with Crippen molar-refractivity contribution in [3.8, 4) is 0 Å². The molecule has 21 heavy (non-hydrogen) atoms. The first-order valence-corrected chi connectivity index (χ1v) is 7.15. The fraction of sp³-hybridized carbons (Fsp3) is 0.562. The van der Waals surface area contributed by atoms with Gasteiger partial charge in [0, 0.05) is 31.5 Å². The van der Waals surface area contributed by atoms with Gasteiger partial charge < -0.3 is 14.7 Å². The van der Waals surface area contributed by atoms with E-state index in [0.717, 1.165) is 0 Å². The molecule has 116 valence electrons. The van der Waals surface area contributed by atoms with E-state index in [4.69, 9.17) is 4.74 Å². The molecule has 1 fully saturated rings. The Morgan fingerprint density at radius 1 is 1.38 bits per heavy atom. The van der Waals surface area contributed by atoms with E-state index in [9.17, 15) is 14.3 Å². The molecule has 0 radical (unpaired) electrons. The number of rotatable bonds is 2. The number of carbonyl (C=O) groups is 1. The third-order valence-electron chi connectivity index (χ3n) is 3.63. The molecule has 2 atom stereocenters. The van der Waals surface area contributed by atoms with E-state index in [-0.39, 0.29) is 24.3 Å². The monoisotopic (exact) mass is 295 g/mol. The van der Waals surface area contributed by atoms with Crippen molar-refractivity contribution in [3.05, 3.63) is 35.6 Å². The Bertz CT molecular complexity index is 512. The first-order valence-electron chi connectivity index (χ1n) is 7.15. The first-order chi connectivity index (χ1) is 9.81. The Labute approximate surface area is 124 Å². The lowest BCUT2D eigenvalue weighted by Crippen LogP contribution is -2.35. The number of carbonyl (C=O) groups excluding carboxylic acids is 1. The van der Waals surface area contributed by atoms with Crippen molar-refractivity contribution >= 4 is 6.09 Å². The molecule has 0 saturated carbocycles. The zero-order valence-corrected chi connectivity index (χ0v) is 12.7. The normalized spacial score (nSPS) is 22.4. The predicted octanol–water partition coefficient (Wildman–Crippen LogP) is 2.77. The molecule has 1 amide bonds. The van der Waals surface area contributed by atoms with Gasteiger partial charge in [0.2, 0.25) is 0 Å². The number of benzene rings is 1. The molecule has 1 aromatic rings. The van der Waals surface area contributed by atoms with Gasteiger partial charge in [-0.05, 0) is 32.4 Å². The minimum absolute atomic E-state index is 0.0850. The van der Waals surface area contributed by atoms with Crippen molar-refractivity contribution in [2.24, 2.45) is 5.92 Å². The van der Waals surface area contributed by atoms with Crippen LogP contribution in [0.5, 0.6) is 0 Å². The Balaban J connectivity index is 2.15. The average Bonchev–Trinajstić information content (AvgIpc) is 2.81. The number of likely N-dealkylation sites (tertiary alicyclic amines) is 1. The summed E-state index contributed by atoms with van der Waals surface area (Å²) in [4.78, 5) is 13.7. The molecule has 4 nitrogen and oxygen atoms in total. The van der Waals surface area contributed by atoms with Crippen molar-refractivity contribution in [2.45, 2.75) is 32.3 Å². The number of hydrogen-bond acceptors (Lipinski definition) is 3. The molecule has 0 spiro atoms. The molecule has 1 unspecified atom stereocenters. The van der Waals surface area contributed by atoms with Crippen LogP contribution in [0.4, 0.5) is 9.18 Å². The van der Waals surface area contributed by atoms with Gasteiger partial charge in [-0.1, -0.05) is 18.2 Å². The number of halogens is 1. The van der Waals surface area contributed by atoms with Gasteiger partial charge in [0.25, 0.3) is 0 Å². The molecule has 1 saturated heterocycles. The first kappa shape index (κ1) is 15.8. The van der Waals surface area contributed by atoms with E-state index in [2.05, 4.69) is 0 Å². The molecular formula is C16H22FNO3. The lowest BCUT2D eigenvalue weighted by Gasteiger charge is -2.24. The zero-order chi connectivity index (χ0) is 15.6. The van der Waals surface area contributed by atoms with E-state index in [1.54, 1.807) is 43.9 Å². The highest BCUT2D eigenvalue weighted by molar-refractivity contribution is 5.68. The fourth-order valence-electron chi connectivity index (χ4n) is 2.66. The van der Waals surface area contributed by atoms with Crippen LogP contribution in [-0.4, -0.2) is 41.4 Å². The van der Waals surface area contributed by atoms with Gasteiger partial charge in [-0.2, -0.15) is 0 Å². The second-order valence-electron chi connectivity index (χ2n) is 6.46. The van der Waals surface area contributed by atoms with E-state index < -0.39 is 11.7 Å². The van der Waals surface area contributed by atoms with Crippen molar-refractivity contribution in [2.75, 3.05) is 19.7 Å². The van der Waals surface area contributed by atoms with Crippen molar-refractivity contribution < 1.29 is 19.0 Å². The average molecular weight is 295 g/mol. The Kier molecular flexibility index (Phi) is 4.52. The molecule has 0 bridgehead atoms. The van der Waals surface area contributed by atoms with Crippen LogP contribution >= 0.6 is 0 Å². The molecule has 1 heterocycles. The minimum atomic E-state index is -0.568. The smallest absolute Gasteiger partial charge is 0.410 e. The third kappa shape index (κ3) is 3.73. The summed E-state index contributed by atoms with van der Waals surface area (Å²) < 4.78 is 19.3. The number of aliphatic hydroxyl groups is 1.